The van der Waals surface area contributed by atoms with E-state index in [0.717, 1.165) is 5.69 Å². The van der Waals surface area contributed by atoms with Crippen molar-refractivity contribution in [1.82, 2.24) is 0 Å². The lowest BCUT2D eigenvalue weighted by atomic mass is 10.2. The van der Waals surface area contributed by atoms with E-state index in [1.807, 2.05) is 0 Å². The molecule has 2 N–H and O–H groups in total. The minimum absolute atomic E-state index is 0.0343. The fourth-order valence-corrected chi connectivity index (χ4v) is 0.995. The third-order valence-corrected chi connectivity index (χ3v) is 1.73. The average Bonchev–Trinajstić information content (AvgIpc) is 2.26. The number of rotatable bonds is 4. The van der Waals surface area contributed by atoms with Gasteiger partial charge < -0.3 is 15.2 Å². The average molecular weight is 195 g/mol. The first-order chi connectivity index (χ1) is 6.77. The highest BCUT2D eigenvalue weighted by Crippen LogP contribution is 2.09. The Balaban J connectivity index is 2.62. The van der Waals surface area contributed by atoms with Crippen LogP contribution in [0.5, 0.6) is 0 Å². The second-order valence-corrected chi connectivity index (χ2v) is 2.69. The molecule has 0 aromatic heterocycles. The molecule has 0 atom stereocenters. The number of carbonyl (C=O) groups is 1. The van der Waals surface area contributed by atoms with Crippen LogP contribution < -0.4 is 5.32 Å². The fraction of sp³-hybridized carbons (Fsp3) is 0.300. The van der Waals surface area contributed by atoms with E-state index in [1.165, 1.54) is 0 Å². The molecule has 14 heavy (non-hydrogen) atoms. The Morgan fingerprint density at radius 1 is 1.43 bits per heavy atom. The molecule has 0 aliphatic carbocycles. The Hall–Kier alpha value is -1.55. The van der Waals surface area contributed by atoms with Gasteiger partial charge in [0.25, 0.3) is 0 Å². The molecule has 0 aliphatic rings. The minimum atomic E-state index is -0.415. The van der Waals surface area contributed by atoms with Gasteiger partial charge in [-0.3, -0.25) is 0 Å². The first kappa shape index (κ1) is 10.5. The van der Waals surface area contributed by atoms with Crippen molar-refractivity contribution in [3.63, 3.8) is 0 Å². The molecule has 0 amide bonds. The van der Waals surface area contributed by atoms with Gasteiger partial charge >= 0.3 is 5.97 Å². The van der Waals surface area contributed by atoms with Gasteiger partial charge in [0.05, 0.1) is 12.2 Å². The van der Waals surface area contributed by atoms with Crippen molar-refractivity contribution in [3.8, 4) is 0 Å². The van der Waals surface area contributed by atoms with Crippen molar-refractivity contribution in [2.45, 2.75) is 0 Å². The van der Waals surface area contributed by atoms with Gasteiger partial charge in [0.1, 0.15) is 6.61 Å². The van der Waals surface area contributed by atoms with Gasteiger partial charge in [0.15, 0.2) is 0 Å². The van der Waals surface area contributed by atoms with E-state index < -0.39 is 5.97 Å². The van der Waals surface area contributed by atoms with Crippen molar-refractivity contribution >= 4 is 11.7 Å². The largest absolute Gasteiger partial charge is 0.460 e. The lowest BCUT2D eigenvalue weighted by molar-refractivity contribution is 0.0434. The van der Waals surface area contributed by atoms with E-state index >= 15 is 0 Å². The molecule has 0 aliphatic heterocycles. The smallest absolute Gasteiger partial charge is 0.338 e. The molecule has 0 radical (unpaired) electrons. The number of aliphatic hydroxyl groups excluding tert-OH is 1. The van der Waals surface area contributed by atoms with Crippen LogP contribution in [0.2, 0.25) is 0 Å². The van der Waals surface area contributed by atoms with Gasteiger partial charge in [-0.25, -0.2) is 4.79 Å². The quantitative estimate of drug-likeness (QED) is 0.700. The maximum absolute atomic E-state index is 11.2. The molecule has 1 aromatic carbocycles. The van der Waals surface area contributed by atoms with Crippen molar-refractivity contribution in [2.75, 3.05) is 25.6 Å². The summed E-state index contributed by atoms with van der Waals surface area (Å²) < 4.78 is 4.74. The van der Waals surface area contributed by atoms with Gasteiger partial charge in [-0.2, -0.15) is 0 Å². The topological polar surface area (TPSA) is 58.6 Å². The van der Waals surface area contributed by atoms with Crippen molar-refractivity contribution in [3.05, 3.63) is 29.8 Å². The Bertz CT molecular complexity index is 295. The van der Waals surface area contributed by atoms with Crippen molar-refractivity contribution in [2.24, 2.45) is 0 Å². The van der Waals surface area contributed by atoms with Crippen LogP contribution in [0.25, 0.3) is 0 Å². The molecule has 4 heteroatoms. The first-order valence-electron chi connectivity index (χ1n) is 4.33. The normalized spacial score (nSPS) is 9.57. The molecular weight excluding hydrogens is 182 g/mol. The summed E-state index contributed by atoms with van der Waals surface area (Å²) in [5.74, 6) is -0.415. The van der Waals surface area contributed by atoms with Crippen molar-refractivity contribution in [1.29, 1.82) is 0 Å². The van der Waals surface area contributed by atoms with E-state index in [1.54, 1.807) is 31.3 Å². The van der Waals surface area contributed by atoms with Crippen LogP contribution >= 0.6 is 0 Å². The van der Waals surface area contributed by atoms with E-state index in [-0.39, 0.29) is 13.2 Å². The molecule has 1 rings (SSSR count). The molecule has 0 saturated heterocycles. The van der Waals surface area contributed by atoms with Gasteiger partial charge in [-0.05, 0) is 24.3 Å². The van der Waals surface area contributed by atoms with Crippen LogP contribution in [0.4, 0.5) is 5.69 Å². The molecule has 0 spiro atoms. The van der Waals surface area contributed by atoms with Crippen LogP contribution in [-0.4, -0.2) is 31.3 Å². The molecule has 0 bridgehead atoms. The Morgan fingerprint density at radius 3 is 2.57 bits per heavy atom. The van der Waals surface area contributed by atoms with E-state index in [0.29, 0.717) is 5.56 Å². The summed E-state index contributed by atoms with van der Waals surface area (Å²) in [6.45, 7) is -0.118. The number of carbonyl (C=O) groups excluding carboxylic acids is 1. The summed E-state index contributed by atoms with van der Waals surface area (Å²) in [6, 6.07) is 6.92. The number of anilines is 1. The van der Waals surface area contributed by atoms with E-state index in [9.17, 15) is 4.79 Å². The number of hydrogen-bond donors (Lipinski definition) is 2. The third kappa shape index (κ3) is 2.74. The van der Waals surface area contributed by atoms with Gasteiger partial charge in [-0.1, -0.05) is 0 Å². The Labute approximate surface area is 82.5 Å². The minimum Gasteiger partial charge on any atom is -0.460 e. The number of nitrogens with one attached hydrogen (secondary N) is 1. The highest BCUT2D eigenvalue weighted by atomic mass is 16.5. The maximum atomic E-state index is 11.2. The van der Waals surface area contributed by atoms with Crippen LogP contribution in [-0.2, 0) is 4.74 Å². The molecule has 76 valence electrons. The number of benzene rings is 1. The standard InChI is InChI=1S/C10H13NO3/c1-11-9-4-2-8(3-5-9)10(13)14-7-6-12/h2-5,11-12H,6-7H2,1H3. The zero-order valence-electron chi connectivity index (χ0n) is 7.99. The maximum Gasteiger partial charge on any atom is 0.338 e. The lowest BCUT2D eigenvalue weighted by Crippen LogP contribution is -2.08. The molecule has 0 saturated carbocycles. The SMILES string of the molecule is CNc1ccc(C(=O)OCCO)cc1. The number of esters is 1. The highest BCUT2D eigenvalue weighted by molar-refractivity contribution is 5.89. The summed E-state index contributed by atoms with van der Waals surface area (Å²) in [5.41, 5.74) is 1.42. The first-order valence-corrected chi connectivity index (χ1v) is 4.33. The second kappa shape index (κ2) is 5.24. The summed E-state index contributed by atoms with van der Waals surface area (Å²) in [7, 11) is 1.80. The van der Waals surface area contributed by atoms with E-state index in [4.69, 9.17) is 9.84 Å². The number of aliphatic hydroxyl groups is 1. The van der Waals surface area contributed by atoms with Crippen LogP contribution in [0.15, 0.2) is 24.3 Å². The van der Waals surface area contributed by atoms with Gasteiger partial charge in [0, 0.05) is 12.7 Å². The second-order valence-electron chi connectivity index (χ2n) is 2.69. The summed E-state index contributed by atoms with van der Waals surface area (Å²) >= 11 is 0. The van der Waals surface area contributed by atoms with Crippen molar-refractivity contribution < 1.29 is 14.6 Å². The zero-order chi connectivity index (χ0) is 10.4. The molecule has 1 aromatic rings. The van der Waals surface area contributed by atoms with Crippen LogP contribution in [0.3, 0.4) is 0 Å². The fourth-order valence-electron chi connectivity index (χ4n) is 0.995. The monoisotopic (exact) mass is 195 g/mol. The summed E-state index contributed by atoms with van der Waals surface area (Å²) in [5, 5.41) is 11.4. The molecule has 0 unspecified atom stereocenters. The van der Waals surface area contributed by atoms with Crippen LogP contribution in [0, 0.1) is 0 Å². The Kier molecular flexibility index (Phi) is 3.94. The summed E-state index contributed by atoms with van der Waals surface area (Å²) in [4.78, 5) is 11.2. The molecule has 0 fully saturated rings. The van der Waals surface area contributed by atoms with Gasteiger partial charge in [0.2, 0.25) is 0 Å². The number of hydrogen-bond acceptors (Lipinski definition) is 4. The van der Waals surface area contributed by atoms with Gasteiger partial charge in [-0.15, -0.1) is 0 Å². The summed E-state index contributed by atoms with van der Waals surface area (Å²) in [6.07, 6.45) is 0. The lowest BCUT2D eigenvalue weighted by Gasteiger charge is -2.03. The third-order valence-electron chi connectivity index (χ3n) is 1.73. The van der Waals surface area contributed by atoms with Crippen LogP contribution in [0.1, 0.15) is 10.4 Å². The zero-order valence-corrected chi connectivity index (χ0v) is 7.99. The highest BCUT2D eigenvalue weighted by Gasteiger charge is 2.05. The van der Waals surface area contributed by atoms with E-state index in [2.05, 4.69) is 5.32 Å². The predicted molar refractivity (Wildman–Crippen MR) is 53.4 cm³/mol. The molecule has 0 heterocycles. The predicted octanol–water partition coefficient (Wildman–Crippen LogP) is 0.877. The molecule has 4 nitrogen and oxygen atoms in total. The Morgan fingerprint density at radius 2 is 2.07 bits per heavy atom. The number of ether oxygens (including phenoxy) is 1. The molecular formula is C10H13NO3.